The molecule has 1 nitrogen and oxygen atoms in total. The number of fused-ring (bicyclic) bond motifs is 7. The van der Waals surface area contributed by atoms with Gasteiger partial charge in [-0.05, 0) is 158 Å². The number of alkyl halides is 1. The molecule has 0 heterocycles. The van der Waals surface area contributed by atoms with E-state index in [1.807, 2.05) is 0 Å². The van der Waals surface area contributed by atoms with Gasteiger partial charge in [0.1, 0.15) is 0 Å². The van der Waals surface area contributed by atoms with Gasteiger partial charge in [0.2, 0.25) is 0 Å². The first-order chi connectivity index (χ1) is 21.2. The number of nitrogens with two attached hydrogens (primary N) is 1. The molecule has 7 rings (SSSR count). The molecule has 10 atom stereocenters. The fraction of sp³-hybridized carbons (Fsp3) is 0.721. The summed E-state index contributed by atoms with van der Waals surface area (Å²) in [6.45, 7) is 19.8. The van der Waals surface area contributed by atoms with Crippen LogP contribution in [-0.4, -0.2) is 12.2 Å². The lowest BCUT2D eigenvalue weighted by molar-refractivity contribution is -0.219. The van der Waals surface area contributed by atoms with Crippen molar-refractivity contribution in [1.82, 2.24) is 0 Å². The van der Waals surface area contributed by atoms with Crippen molar-refractivity contribution >= 4 is 0 Å². The number of hydrogen-bond donors (Lipinski definition) is 1. The van der Waals surface area contributed by atoms with Crippen LogP contribution in [0, 0.1) is 56.7 Å². The molecule has 246 valence electrons. The zero-order valence-electron chi connectivity index (χ0n) is 29.5. The van der Waals surface area contributed by atoms with Gasteiger partial charge < -0.3 is 5.73 Å². The molecule has 0 bridgehead atoms. The first-order valence-corrected chi connectivity index (χ1v) is 18.7. The molecule has 0 aromatic heterocycles. The van der Waals surface area contributed by atoms with Crippen molar-refractivity contribution in [2.45, 2.75) is 131 Å². The van der Waals surface area contributed by atoms with Crippen LogP contribution < -0.4 is 5.73 Å². The fourth-order valence-electron chi connectivity index (χ4n) is 13.9. The number of halogens is 1. The molecule has 6 aliphatic rings. The number of benzene rings is 1. The molecule has 45 heavy (non-hydrogen) atoms. The summed E-state index contributed by atoms with van der Waals surface area (Å²) >= 11 is 0. The maximum Gasteiger partial charge on any atom is 0.0956 e. The minimum Gasteiger partial charge on any atom is -0.325 e. The second kappa shape index (κ2) is 10.7. The first kappa shape index (κ1) is 31.9. The van der Waals surface area contributed by atoms with E-state index in [9.17, 15) is 4.39 Å². The highest BCUT2D eigenvalue weighted by atomic mass is 19.1. The first-order valence-electron chi connectivity index (χ1n) is 18.7. The third kappa shape index (κ3) is 4.53. The summed E-state index contributed by atoms with van der Waals surface area (Å²) < 4.78 is 14.7. The van der Waals surface area contributed by atoms with E-state index in [1.54, 1.807) is 5.57 Å². The summed E-state index contributed by atoms with van der Waals surface area (Å²) in [5.41, 5.74) is 14.0. The molecular weight excluding hydrogens is 549 g/mol. The van der Waals surface area contributed by atoms with Gasteiger partial charge in [0.15, 0.2) is 0 Å². The summed E-state index contributed by atoms with van der Waals surface area (Å²) in [5, 5.41) is 0. The average Bonchev–Trinajstić information content (AvgIpc) is 3.36. The van der Waals surface area contributed by atoms with E-state index in [0.717, 1.165) is 37.5 Å². The van der Waals surface area contributed by atoms with Crippen LogP contribution in [0.4, 0.5) is 4.39 Å². The van der Waals surface area contributed by atoms with Gasteiger partial charge in [-0.3, -0.25) is 4.39 Å². The van der Waals surface area contributed by atoms with Crippen LogP contribution in [0.2, 0.25) is 0 Å². The van der Waals surface area contributed by atoms with Gasteiger partial charge in [-0.2, -0.15) is 0 Å². The molecule has 1 aromatic carbocycles. The van der Waals surface area contributed by atoms with Crippen molar-refractivity contribution < 1.29 is 4.39 Å². The van der Waals surface area contributed by atoms with E-state index < -0.39 is 0 Å². The summed E-state index contributed by atoms with van der Waals surface area (Å²) in [4.78, 5) is 0. The van der Waals surface area contributed by atoms with Crippen LogP contribution in [-0.2, 0) is 6.42 Å². The second-order valence-corrected chi connectivity index (χ2v) is 18.7. The topological polar surface area (TPSA) is 26.0 Å². The highest BCUT2D eigenvalue weighted by molar-refractivity contribution is 5.41. The van der Waals surface area contributed by atoms with Crippen molar-refractivity contribution in [3.05, 3.63) is 71.3 Å². The Bertz CT molecular complexity index is 1390. The zero-order valence-corrected chi connectivity index (χ0v) is 29.5. The molecule has 0 radical (unpaired) electrons. The molecule has 0 spiro atoms. The van der Waals surface area contributed by atoms with Gasteiger partial charge in [-0.25, -0.2) is 0 Å². The number of hydrogen-bond acceptors (Lipinski definition) is 1. The lowest BCUT2D eigenvalue weighted by Crippen LogP contribution is -2.67. The lowest BCUT2D eigenvalue weighted by Gasteiger charge is -2.72. The van der Waals surface area contributed by atoms with Gasteiger partial charge in [0.25, 0.3) is 0 Å². The Labute approximate surface area is 274 Å². The van der Waals surface area contributed by atoms with Crippen molar-refractivity contribution in [3.63, 3.8) is 0 Å². The normalized spacial score (nSPS) is 47.0. The van der Waals surface area contributed by atoms with Crippen LogP contribution in [0.5, 0.6) is 0 Å². The van der Waals surface area contributed by atoms with Crippen LogP contribution in [0.3, 0.4) is 0 Å². The van der Waals surface area contributed by atoms with E-state index >= 15 is 0 Å². The van der Waals surface area contributed by atoms with E-state index in [1.165, 1.54) is 74.5 Å². The Balaban J connectivity index is 1.16. The second-order valence-electron chi connectivity index (χ2n) is 18.7. The quantitative estimate of drug-likeness (QED) is 0.329. The average molecular weight is 612 g/mol. The molecule has 1 aromatic rings. The zero-order chi connectivity index (χ0) is 32.0. The Morgan fingerprint density at radius 3 is 2.27 bits per heavy atom. The largest absolute Gasteiger partial charge is 0.325 e. The highest BCUT2D eigenvalue weighted by Gasteiger charge is 2.70. The summed E-state index contributed by atoms with van der Waals surface area (Å²) in [5.74, 6) is 3.39. The maximum absolute atomic E-state index is 14.7. The van der Waals surface area contributed by atoms with Crippen molar-refractivity contribution in [3.8, 4) is 0 Å². The van der Waals surface area contributed by atoms with Crippen molar-refractivity contribution in [1.29, 1.82) is 0 Å². The van der Waals surface area contributed by atoms with Crippen molar-refractivity contribution in [2.24, 2.45) is 62.4 Å². The highest BCUT2D eigenvalue weighted by Crippen LogP contribution is 2.76. The van der Waals surface area contributed by atoms with E-state index in [0.29, 0.717) is 34.0 Å². The molecule has 0 unspecified atom stereocenters. The molecule has 0 saturated heterocycles. The summed E-state index contributed by atoms with van der Waals surface area (Å²) in [6, 6.07) is 10.6. The smallest absolute Gasteiger partial charge is 0.0956 e. The molecule has 6 aliphatic carbocycles. The molecule has 4 fully saturated rings. The Hall–Kier alpha value is -1.67. The molecule has 2 N–H and O–H groups in total. The molecule has 0 aliphatic heterocycles. The Kier molecular flexibility index (Phi) is 7.56. The minimum atomic E-state index is -0.247. The van der Waals surface area contributed by atoms with Gasteiger partial charge in [-0.1, -0.05) is 89.3 Å². The van der Waals surface area contributed by atoms with E-state index in [4.69, 9.17) is 5.73 Å². The summed E-state index contributed by atoms with van der Waals surface area (Å²) in [7, 11) is 0. The van der Waals surface area contributed by atoms with Gasteiger partial charge >= 0.3 is 0 Å². The lowest BCUT2D eigenvalue weighted by atomic mass is 9.33. The van der Waals surface area contributed by atoms with E-state index in [-0.39, 0.29) is 23.0 Å². The van der Waals surface area contributed by atoms with Gasteiger partial charge in [0.05, 0.1) is 6.67 Å². The molecule has 2 heteroatoms. The van der Waals surface area contributed by atoms with Crippen LogP contribution in [0.1, 0.15) is 124 Å². The third-order valence-electron chi connectivity index (χ3n) is 16.5. The van der Waals surface area contributed by atoms with E-state index in [2.05, 4.69) is 90.6 Å². The monoisotopic (exact) mass is 611 g/mol. The standard InChI is InChI=1S/C43H62FN/c1-29(2)32-17-24-43(45)26-25-40(6)34(37(32)43)13-14-36-39(5)20-18-33(38(3,4)35(39)19-21-41(36,40)7)31-15-22-42(28-44,23-16-31)27-30-11-9-8-10-12-30/h8-12,15,18,32,34-37H,1,13-14,16-17,19-28,45H2,2-7H3/t32-,34+,35-,36+,37+,39-,40+,41+,42-,43-/m0/s1. The SMILES string of the molecule is C=C(C)[C@@H]1CC[C@]2(N)CC[C@]3(C)[C@H](CC[C@@H]4[C@@]5(C)CC=C(C6=CC[C@@](CF)(Cc7ccccc7)CC6)C(C)(C)[C@@H]5CC[C@]43C)[C@@H]12. The van der Waals surface area contributed by atoms with Crippen LogP contribution >= 0.6 is 0 Å². The number of allylic oxidation sites excluding steroid dienone is 5. The molecule has 4 saturated carbocycles. The minimum absolute atomic E-state index is 0.0249. The molecule has 0 amide bonds. The van der Waals surface area contributed by atoms with Crippen LogP contribution in [0.25, 0.3) is 0 Å². The maximum atomic E-state index is 14.7. The molecular formula is C43H62FN. The Morgan fingerprint density at radius 2 is 1.60 bits per heavy atom. The predicted octanol–water partition coefficient (Wildman–Crippen LogP) is 11.2. The van der Waals surface area contributed by atoms with Crippen LogP contribution in [0.15, 0.2) is 65.8 Å². The predicted molar refractivity (Wildman–Crippen MR) is 187 cm³/mol. The Morgan fingerprint density at radius 1 is 0.844 bits per heavy atom. The summed E-state index contributed by atoms with van der Waals surface area (Å²) in [6.07, 6.45) is 20.4. The fourth-order valence-corrected chi connectivity index (χ4v) is 13.9. The van der Waals surface area contributed by atoms with Crippen molar-refractivity contribution in [2.75, 3.05) is 6.67 Å². The van der Waals surface area contributed by atoms with Gasteiger partial charge in [-0.15, -0.1) is 0 Å². The third-order valence-corrected chi connectivity index (χ3v) is 16.5. The van der Waals surface area contributed by atoms with Gasteiger partial charge in [0, 0.05) is 11.0 Å². The number of rotatable bonds is 5.